The fraction of sp³-hybridized carbons (Fsp3) is 0.429. The van der Waals surface area contributed by atoms with Crippen molar-refractivity contribution in [3.8, 4) is 35.4 Å². The molecule has 0 bridgehead atoms. The third kappa shape index (κ3) is 5.73. The lowest BCUT2D eigenvalue weighted by Gasteiger charge is -2.33. The Morgan fingerprint density at radius 3 is 2.80 bits per heavy atom. The van der Waals surface area contributed by atoms with Crippen molar-refractivity contribution in [3.63, 3.8) is 0 Å². The number of phenols is 1. The highest BCUT2D eigenvalue weighted by atomic mass is 19.4. The molecule has 0 radical (unpaired) electrons. The number of terminal acetylenes is 1. The number of alkyl halides is 3. The first-order valence-electron chi connectivity index (χ1n) is 16.0. The van der Waals surface area contributed by atoms with Gasteiger partial charge in [0.05, 0.1) is 23.0 Å². The van der Waals surface area contributed by atoms with Crippen molar-refractivity contribution in [2.24, 2.45) is 0 Å². The molecule has 14 heteroatoms. The van der Waals surface area contributed by atoms with Crippen molar-refractivity contribution in [3.05, 3.63) is 52.9 Å². The Bertz CT molecular complexity index is 1960. The minimum atomic E-state index is -4.85. The molecule has 0 spiro atoms. The van der Waals surface area contributed by atoms with Crippen LogP contribution >= 0.6 is 0 Å². The van der Waals surface area contributed by atoms with Gasteiger partial charge in [-0.2, -0.15) is 23.1 Å². The van der Waals surface area contributed by atoms with Crippen LogP contribution in [-0.2, 0) is 16.0 Å². The molecule has 256 valence electrons. The van der Waals surface area contributed by atoms with E-state index in [1.54, 1.807) is 0 Å². The molecule has 2 aromatic heterocycles. The average molecular weight is 682 g/mol. The number of halogens is 5. The van der Waals surface area contributed by atoms with Crippen LogP contribution in [0.15, 0.2) is 36.0 Å². The van der Waals surface area contributed by atoms with E-state index in [2.05, 4.69) is 32.7 Å². The summed E-state index contributed by atoms with van der Waals surface area (Å²) >= 11 is 0. The molecule has 0 amide bonds. The highest BCUT2D eigenvalue weighted by molar-refractivity contribution is 5.96. The van der Waals surface area contributed by atoms with Crippen LogP contribution in [0.1, 0.15) is 50.2 Å². The first kappa shape index (κ1) is 32.8. The summed E-state index contributed by atoms with van der Waals surface area (Å²) < 4.78 is 85.0. The van der Waals surface area contributed by atoms with E-state index in [1.165, 1.54) is 29.3 Å². The lowest BCUT2D eigenvalue weighted by Crippen LogP contribution is -2.46. The Kier molecular flexibility index (Phi) is 8.21. The normalized spacial score (nSPS) is 24.2. The summed E-state index contributed by atoms with van der Waals surface area (Å²) in [5.41, 5.74) is -0.250. The van der Waals surface area contributed by atoms with Gasteiger partial charge in [0.25, 0.3) is 0 Å². The minimum absolute atomic E-state index is 0.0107. The Hall–Kier alpha value is -4.77. The molecule has 5 heterocycles. The van der Waals surface area contributed by atoms with E-state index in [-0.39, 0.29) is 88.7 Å². The summed E-state index contributed by atoms with van der Waals surface area (Å²) in [4.78, 5) is 28.3. The first-order chi connectivity index (χ1) is 23.4. The lowest BCUT2D eigenvalue weighted by atomic mass is 9.85. The number of allylic oxidation sites excluding steroid dienone is 3. The number of benzene rings is 1. The van der Waals surface area contributed by atoms with Crippen LogP contribution in [0.3, 0.4) is 0 Å². The molecule has 3 atom stereocenters. The van der Waals surface area contributed by atoms with Gasteiger partial charge in [0.1, 0.15) is 35.2 Å². The number of aldehydes is 1. The molecule has 4 aliphatic rings. The van der Waals surface area contributed by atoms with Crippen LogP contribution in [0.5, 0.6) is 11.8 Å². The number of aryl methyl sites for hydroxylation is 1. The van der Waals surface area contributed by atoms with Gasteiger partial charge in [0.2, 0.25) is 6.10 Å². The zero-order valence-electron chi connectivity index (χ0n) is 26.5. The molecule has 3 aliphatic heterocycles. The van der Waals surface area contributed by atoms with Gasteiger partial charge < -0.3 is 19.5 Å². The minimum Gasteiger partial charge on any atom is -0.508 e. The van der Waals surface area contributed by atoms with Gasteiger partial charge in [0.15, 0.2) is 17.9 Å². The second-order valence-corrected chi connectivity index (χ2v) is 12.9. The molecule has 1 aliphatic carbocycles. The maximum Gasteiger partial charge on any atom is 0.427 e. The van der Waals surface area contributed by atoms with Gasteiger partial charge in [-0.05, 0) is 69.3 Å². The number of fused-ring (bicyclic) bond motifs is 3. The topological polar surface area (TPSA) is 101 Å². The molecule has 2 fully saturated rings. The molecule has 3 unspecified atom stereocenters. The SMILES string of the molecule is C#CC1=C(F)CCc2cc(O)cc(-c3ncc4c(N5CC=C(C=O)OC(C(F)(F)F)C5)nc(OCC56CCCN5C(C)CC6)nc4c3F)c21. The zero-order valence-corrected chi connectivity index (χ0v) is 26.5. The van der Waals surface area contributed by atoms with Gasteiger partial charge in [-0.1, -0.05) is 5.92 Å². The standard InChI is InChI=1S/C35H32F5N5O4/c1-3-23-26(36)6-5-20-13-21(47)14-24(28(20)23)30-29(37)31-25(15-41-30)32(44-12-8-22(17-46)49-27(16-44)35(38,39)40)43-33(42-31)48-18-34-9-4-11-45(34)19(2)7-10-34/h1,8,13-15,17,19,27,47H,4-7,9-12,16,18H2,2H3. The number of nitrogens with zero attached hydrogens (tertiary/aromatic N) is 5. The number of aromatic hydroxyl groups is 1. The third-order valence-electron chi connectivity index (χ3n) is 10.0. The molecule has 9 nitrogen and oxygen atoms in total. The van der Waals surface area contributed by atoms with Crippen molar-refractivity contribution in [2.75, 3.05) is 31.1 Å². The van der Waals surface area contributed by atoms with Crippen LogP contribution in [-0.4, -0.2) is 81.3 Å². The predicted octanol–water partition coefficient (Wildman–Crippen LogP) is 6.04. The van der Waals surface area contributed by atoms with Crippen LogP contribution in [0, 0.1) is 18.2 Å². The predicted molar refractivity (Wildman–Crippen MR) is 170 cm³/mol. The maximum absolute atomic E-state index is 16.8. The van der Waals surface area contributed by atoms with Crippen molar-refractivity contribution in [1.29, 1.82) is 0 Å². The fourth-order valence-electron chi connectivity index (χ4n) is 7.65. The van der Waals surface area contributed by atoms with E-state index in [0.29, 0.717) is 11.6 Å². The van der Waals surface area contributed by atoms with Gasteiger partial charge >= 0.3 is 12.2 Å². The number of hydrogen-bond acceptors (Lipinski definition) is 9. The second kappa shape index (κ2) is 12.3. The summed E-state index contributed by atoms with van der Waals surface area (Å²) in [5.74, 6) is -0.0587. The number of carbonyl (C=O) groups excluding carboxylic acids is 1. The summed E-state index contributed by atoms with van der Waals surface area (Å²) in [6.07, 6.45) is 4.90. The fourth-order valence-corrected chi connectivity index (χ4v) is 7.65. The quantitative estimate of drug-likeness (QED) is 0.190. The molecular formula is C35H32F5N5O4. The van der Waals surface area contributed by atoms with Crippen LogP contribution in [0.25, 0.3) is 27.7 Å². The smallest absolute Gasteiger partial charge is 0.427 e. The molecule has 7 rings (SSSR count). The van der Waals surface area contributed by atoms with Gasteiger partial charge in [-0.25, -0.2) is 8.78 Å². The van der Waals surface area contributed by atoms with E-state index in [0.717, 1.165) is 32.2 Å². The lowest BCUT2D eigenvalue weighted by molar-refractivity contribution is -0.204. The zero-order chi connectivity index (χ0) is 34.7. The van der Waals surface area contributed by atoms with Gasteiger partial charge in [0, 0.05) is 36.3 Å². The average Bonchev–Trinajstić information content (AvgIpc) is 3.54. The van der Waals surface area contributed by atoms with Crippen molar-refractivity contribution in [2.45, 2.75) is 69.3 Å². The van der Waals surface area contributed by atoms with Crippen LogP contribution in [0.4, 0.5) is 27.8 Å². The largest absolute Gasteiger partial charge is 0.508 e. The number of rotatable bonds is 6. The second-order valence-electron chi connectivity index (χ2n) is 12.9. The molecular weight excluding hydrogens is 649 g/mol. The molecule has 3 aromatic rings. The maximum atomic E-state index is 16.8. The van der Waals surface area contributed by atoms with E-state index in [4.69, 9.17) is 15.9 Å². The molecule has 1 aromatic carbocycles. The molecule has 49 heavy (non-hydrogen) atoms. The van der Waals surface area contributed by atoms with E-state index in [1.807, 2.05) is 0 Å². The van der Waals surface area contributed by atoms with E-state index >= 15 is 4.39 Å². The monoisotopic (exact) mass is 681 g/mol. The number of phenolic OH excluding ortho intramolecular Hbond substituents is 1. The van der Waals surface area contributed by atoms with E-state index in [9.17, 15) is 27.5 Å². The molecule has 1 N–H and O–H groups in total. The summed E-state index contributed by atoms with van der Waals surface area (Å²) in [5, 5.41) is 10.5. The van der Waals surface area contributed by atoms with Crippen LogP contribution < -0.4 is 9.64 Å². The van der Waals surface area contributed by atoms with Crippen molar-refractivity contribution < 1.29 is 41.3 Å². The van der Waals surface area contributed by atoms with Crippen LogP contribution in [0.2, 0.25) is 0 Å². The summed E-state index contributed by atoms with van der Waals surface area (Å²) in [7, 11) is 0. The Balaban J connectivity index is 1.39. The number of pyridine rings is 1. The third-order valence-corrected chi connectivity index (χ3v) is 10.0. The Morgan fingerprint density at radius 1 is 1.22 bits per heavy atom. The highest BCUT2D eigenvalue weighted by Gasteiger charge is 2.48. The highest BCUT2D eigenvalue weighted by Crippen LogP contribution is 2.44. The van der Waals surface area contributed by atoms with Crippen molar-refractivity contribution >= 4 is 28.6 Å². The number of carbonyl (C=O) groups is 1. The Morgan fingerprint density at radius 2 is 2.04 bits per heavy atom. The van der Waals surface area contributed by atoms with E-state index < -0.39 is 36.2 Å². The molecule has 2 saturated heterocycles. The summed E-state index contributed by atoms with van der Waals surface area (Å²) in [6, 6.07) is 2.75. The Labute approximate surface area is 278 Å². The van der Waals surface area contributed by atoms with Gasteiger partial charge in [-0.15, -0.1) is 6.42 Å². The number of anilines is 1. The number of hydrogen-bond donors (Lipinski definition) is 1. The number of aromatic nitrogens is 3. The summed E-state index contributed by atoms with van der Waals surface area (Å²) in [6.45, 7) is 2.21. The van der Waals surface area contributed by atoms with Gasteiger partial charge in [-0.3, -0.25) is 14.7 Å². The molecule has 0 saturated carbocycles. The number of ether oxygens (including phenoxy) is 2. The first-order valence-corrected chi connectivity index (χ1v) is 16.0. The van der Waals surface area contributed by atoms with Crippen molar-refractivity contribution in [1.82, 2.24) is 19.9 Å².